The number of rotatable bonds is 4. The maximum Gasteiger partial charge on any atom is 0.0587 e. The van der Waals surface area contributed by atoms with Crippen LogP contribution in [-0.2, 0) is 4.74 Å². The highest BCUT2D eigenvalue weighted by atomic mass is 16.5. The van der Waals surface area contributed by atoms with Crippen molar-refractivity contribution in [3.05, 3.63) is 0 Å². The first-order valence-corrected chi connectivity index (χ1v) is 7.92. The quantitative estimate of drug-likeness (QED) is 0.824. The molecule has 0 amide bonds. The van der Waals surface area contributed by atoms with Crippen molar-refractivity contribution in [2.45, 2.75) is 77.9 Å². The molecular weight excluding hydrogens is 222 g/mol. The van der Waals surface area contributed by atoms with Crippen LogP contribution in [0.15, 0.2) is 0 Å². The summed E-state index contributed by atoms with van der Waals surface area (Å²) in [5.41, 5.74) is 0.560. The topological polar surface area (TPSA) is 21.3 Å². The summed E-state index contributed by atoms with van der Waals surface area (Å²) >= 11 is 0. The van der Waals surface area contributed by atoms with Gasteiger partial charge in [-0.05, 0) is 62.8 Å². The predicted octanol–water partition coefficient (Wildman–Crippen LogP) is 3.75. The second-order valence-electron chi connectivity index (χ2n) is 7.22. The minimum Gasteiger partial charge on any atom is -0.378 e. The van der Waals surface area contributed by atoms with Crippen LogP contribution >= 0.6 is 0 Å². The summed E-state index contributed by atoms with van der Waals surface area (Å²) < 4.78 is 5.79. The summed E-state index contributed by atoms with van der Waals surface area (Å²) in [6.45, 7) is 9.36. The molecule has 0 radical (unpaired) electrons. The van der Waals surface area contributed by atoms with E-state index in [1.807, 2.05) is 0 Å². The maximum absolute atomic E-state index is 5.79. The van der Waals surface area contributed by atoms with E-state index in [4.69, 9.17) is 4.74 Å². The molecule has 1 aliphatic heterocycles. The van der Waals surface area contributed by atoms with E-state index in [1.54, 1.807) is 0 Å². The lowest BCUT2D eigenvalue weighted by Gasteiger charge is -2.40. The zero-order valence-electron chi connectivity index (χ0n) is 12.5. The second kappa shape index (κ2) is 6.38. The van der Waals surface area contributed by atoms with Crippen molar-refractivity contribution in [1.29, 1.82) is 0 Å². The number of hydrogen-bond donors (Lipinski definition) is 1. The van der Waals surface area contributed by atoms with Crippen LogP contribution in [0.1, 0.15) is 65.7 Å². The van der Waals surface area contributed by atoms with Crippen LogP contribution < -0.4 is 5.32 Å². The van der Waals surface area contributed by atoms with Crippen LogP contribution in [0.2, 0.25) is 0 Å². The highest BCUT2D eigenvalue weighted by Gasteiger charge is 2.31. The lowest BCUT2D eigenvalue weighted by molar-refractivity contribution is 0.0103. The molecule has 2 fully saturated rings. The zero-order valence-corrected chi connectivity index (χ0v) is 12.5. The van der Waals surface area contributed by atoms with E-state index in [0.717, 1.165) is 25.1 Å². The highest BCUT2D eigenvalue weighted by molar-refractivity contribution is 4.86. The Hall–Kier alpha value is -0.0800. The van der Waals surface area contributed by atoms with Crippen LogP contribution in [0.25, 0.3) is 0 Å². The Morgan fingerprint density at radius 2 is 2.06 bits per heavy atom. The second-order valence-corrected chi connectivity index (χ2v) is 7.22. The minimum atomic E-state index is 0.529. The van der Waals surface area contributed by atoms with Gasteiger partial charge in [-0.1, -0.05) is 20.8 Å². The summed E-state index contributed by atoms with van der Waals surface area (Å²) in [4.78, 5) is 0. The van der Waals surface area contributed by atoms with E-state index < -0.39 is 0 Å². The standard InChI is InChI=1S/C16H31NO/c1-13-12-16(2,3)9-7-15(13)17-10-8-14-6-4-5-11-18-14/h13-15,17H,4-12H2,1-3H3. The average Bonchev–Trinajstić information content (AvgIpc) is 2.33. The van der Waals surface area contributed by atoms with Gasteiger partial charge in [-0.15, -0.1) is 0 Å². The van der Waals surface area contributed by atoms with Crippen LogP contribution in [0.3, 0.4) is 0 Å². The smallest absolute Gasteiger partial charge is 0.0587 e. The lowest BCUT2D eigenvalue weighted by Crippen LogP contribution is -2.42. The fraction of sp³-hybridized carbons (Fsp3) is 1.00. The number of nitrogens with one attached hydrogen (secondary N) is 1. The van der Waals surface area contributed by atoms with Gasteiger partial charge in [0.2, 0.25) is 0 Å². The van der Waals surface area contributed by atoms with Gasteiger partial charge < -0.3 is 10.1 Å². The first kappa shape index (κ1) is 14.3. The van der Waals surface area contributed by atoms with Gasteiger partial charge in [-0.2, -0.15) is 0 Å². The molecule has 1 N–H and O–H groups in total. The molecule has 0 spiro atoms. The third kappa shape index (κ3) is 4.24. The molecule has 3 unspecified atom stereocenters. The summed E-state index contributed by atoms with van der Waals surface area (Å²) in [6.07, 6.45) is 9.71. The van der Waals surface area contributed by atoms with Gasteiger partial charge in [0, 0.05) is 12.6 Å². The molecule has 1 aliphatic carbocycles. The molecule has 106 valence electrons. The molecule has 2 rings (SSSR count). The van der Waals surface area contributed by atoms with Crippen LogP contribution in [-0.4, -0.2) is 25.3 Å². The minimum absolute atomic E-state index is 0.529. The van der Waals surface area contributed by atoms with Gasteiger partial charge in [0.25, 0.3) is 0 Å². The molecule has 1 saturated carbocycles. The van der Waals surface area contributed by atoms with Crippen molar-refractivity contribution in [3.8, 4) is 0 Å². The Morgan fingerprint density at radius 1 is 1.22 bits per heavy atom. The Balaban J connectivity index is 1.64. The van der Waals surface area contributed by atoms with Crippen molar-refractivity contribution in [3.63, 3.8) is 0 Å². The third-order valence-corrected chi connectivity index (χ3v) is 4.84. The molecule has 1 heterocycles. The molecule has 18 heavy (non-hydrogen) atoms. The Kier molecular flexibility index (Phi) is 5.08. The van der Waals surface area contributed by atoms with Crippen molar-refractivity contribution in [2.75, 3.05) is 13.2 Å². The first-order chi connectivity index (χ1) is 8.57. The van der Waals surface area contributed by atoms with Crippen molar-refractivity contribution in [2.24, 2.45) is 11.3 Å². The summed E-state index contributed by atoms with van der Waals surface area (Å²) in [5.74, 6) is 0.820. The SMILES string of the molecule is CC1CC(C)(C)CCC1NCCC1CCCCO1. The molecular formula is C16H31NO. The lowest BCUT2D eigenvalue weighted by atomic mass is 9.70. The van der Waals surface area contributed by atoms with Crippen LogP contribution in [0.5, 0.6) is 0 Å². The summed E-state index contributed by atoms with van der Waals surface area (Å²) in [5, 5.41) is 3.78. The zero-order chi connectivity index (χ0) is 13.0. The largest absolute Gasteiger partial charge is 0.378 e. The molecule has 2 aliphatic rings. The average molecular weight is 253 g/mol. The van der Waals surface area contributed by atoms with Crippen molar-refractivity contribution in [1.82, 2.24) is 5.32 Å². The van der Waals surface area contributed by atoms with E-state index in [9.17, 15) is 0 Å². The van der Waals surface area contributed by atoms with Crippen LogP contribution in [0, 0.1) is 11.3 Å². The maximum atomic E-state index is 5.79. The van der Waals surface area contributed by atoms with Crippen molar-refractivity contribution >= 4 is 0 Å². The van der Waals surface area contributed by atoms with Gasteiger partial charge in [-0.3, -0.25) is 0 Å². The normalized spacial score (nSPS) is 36.5. The Bertz CT molecular complexity index is 245. The molecule has 0 bridgehead atoms. The van der Waals surface area contributed by atoms with Gasteiger partial charge >= 0.3 is 0 Å². The van der Waals surface area contributed by atoms with E-state index in [1.165, 1.54) is 44.9 Å². The fourth-order valence-electron chi connectivity index (χ4n) is 3.71. The fourth-order valence-corrected chi connectivity index (χ4v) is 3.71. The van der Waals surface area contributed by atoms with Crippen molar-refractivity contribution < 1.29 is 4.74 Å². The highest BCUT2D eigenvalue weighted by Crippen LogP contribution is 2.38. The number of hydrogen-bond acceptors (Lipinski definition) is 2. The van der Waals surface area contributed by atoms with E-state index in [-0.39, 0.29) is 0 Å². The van der Waals surface area contributed by atoms with Gasteiger partial charge in [-0.25, -0.2) is 0 Å². The van der Waals surface area contributed by atoms with Gasteiger partial charge in [0.15, 0.2) is 0 Å². The molecule has 0 aromatic heterocycles. The number of ether oxygens (including phenoxy) is 1. The molecule has 2 nitrogen and oxygen atoms in total. The first-order valence-electron chi connectivity index (χ1n) is 7.92. The Labute approximate surface area is 113 Å². The monoisotopic (exact) mass is 253 g/mol. The summed E-state index contributed by atoms with van der Waals surface area (Å²) in [6, 6.07) is 0.738. The van der Waals surface area contributed by atoms with Gasteiger partial charge in [0.1, 0.15) is 0 Å². The third-order valence-electron chi connectivity index (χ3n) is 4.84. The summed E-state index contributed by atoms with van der Waals surface area (Å²) in [7, 11) is 0. The van der Waals surface area contributed by atoms with E-state index >= 15 is 0 Å². The van der Waals surface area contributed by atoms with E-state index in [2.05, 4.69) is 26.1 Å². The molecule has 0 aromatic carbocycles. The predicted molar refractivity (Wildman–Crippen MR) is 76.8 cm³/mol. The van der Waals surface area contributed by atoms with Crippen LogP contribution in [0.4, 0.5) is 0 Å². The van der Waals surface area contributed by atoms with E-state index in [0.29, 0.717) is 11.5 Å². The Morgan fingerprint density at radius 3 is 2.72 bits per heavy atom. The molecule has 0 aromatic rings. The van der Waals surface area contributed by atoms with Gasteiger partial charge in [0.05, 0.1) is 6.10 Å². The molecule has 2 heteroatoms. The molecule has 3 atom stereocenters. The molecule has 1 saturated heterocycles.